The molecule has 0 aliphatic heterocycles. The topological polar surface area (TPSA) is 93.8 Å². The predicted octanol–water partition coefficient (Wildman–Crippen LogP) is 1.14. The van der Waals surface area contributed by atoms with E-state index in [1.54, 1.807) is 0 Å². The van der Waals surface area contributed by atoms with Crippen LogP contribution in [0.2, 0.25) is 0 Å². The van der Waals surface area contributed by atoms with E-state index in [2.05, 4.69) is 20.3 Å². The summed E-state index contributed by atoms with van der Waals surface area (Å²) in [5.74, 6) is 0.900. The predicted molar refractivity (Wildman–Crippen MR) is 61.8 cm³/mol. The number of nitrogens with two attached hydrogens (primary N) is 1. The van der Waals surface area contributed by atoms with Crippen LogP contribution in [0.1, 0.15) is 38.9 Å². The van der Waals surface area contributed by atoms with E-state index in [0.29, 0.717) is 12.2 Å². The molecule has 0 spiro atoms. The summed E-state index contributed by atoms with van der Waals surface area (Å²) < 4.78 is 0. The van der Waals surface area contributed by atoms with Gasteiger partial charge < -0.3 is 5.73 Å². The molecule has 0 aliphatic carbocycles. The molecule has 0 aliphatic rings. The maximum absolute atomic E-state index is 11.3. The molecule has 0 unspecified atom stereocenters. The first kappa shape index (κ1) is 12.4. The number of hydrogen-bond donors (Lipinski definition) is 2. The van der Waals surface area contributed by atoms with Gasteiger partial charge in [-0.05, 0) is 12.8 Å². The lowest BCUT2D eigenvalue weighted by atomic mass is 10.3. The SMILES string of the molecule is CCCC(=O)Nc1nc(N)nc(CCC)n1. The number of hydrogen-bond acceptors (Lipinski definition) is 5. The highest BCUT2D eigenvalue weighted by molar-refractivity contribution is 5.88. The van der Waals surface area contributed by atoms with Gasteiger partial charge in [-0.15, -0.1) is 0 Å². The summed E-state index contributed by atoms with van der Waals surface area (Å²) in [5, 5.41) is 2.60. The summed E-state index contributed by atoms with van der Waals surface area (Å²) in [6.07, 6.45) is 2.89. The summed E-state index contributed by atoms with van der Waals surface area (Å²) in [7, 11) is 0. The van der Waals surface area contributed by atoms with Crippen LogP contribution in [-0.2, 0) is 11.2 Å². The average Bonchev–Trinajstić information content (AvgIpc) is 2.17. The fraction of sp³-hybridized carbons (Fsp3) is 0.600. The van der Waals surface area contributed by atoms with E-state index in [-0.39, 0.29) is 17.8 Å². The molecule has 3 N–H and O–H groups in total. The smallest absolute Gasteiger partial charge is 0.234 e. The number of carbonyl (C=O) groups is 1. The molecule has 0 bridgehead atoms. The van der Waals surface area contributed by atoms with Crippen molar-refractivity contribution in [3.8, 4) is 0 Å². The van der Waals surface area contributed by atoms with Crippen molar-refractivity contribution in [3.05, 3.63) is 5.82 Å². The Morgan fingerprint density at radius 1 is 1.25 bits per heavy atom. The van der Waals surface area contributed by atoms with Crippen molar-refractivity contribution < 1.29 is 4.79 Å². The lowest BCUT2D eigenvalue weighted by molar-refractivity contribution is -0.116. The Morgan fingerprint density at radius 3 is 2.62 bits per heavy atom. The van der Waals surface area contributed by atoms with E-state index in [0.717, 1.165) is 19.3 Å². The minimum absolute atomic E-state index is 0.101. The second kappa shape index (κ2) is 5.99. The zero-order valence-electron chi connectivity index (χ0n) is 9.66. The normalized spacial score (nSPS) is 10.1. The quantitative estimate of drug-likeness (QED) is 0.780. The number of anilines is 2. The van der Waals surface area contributed by atoms with Crippen LogP contribution >= 0.6 is 0 Å². The van der Waals surface area contributed by atoms with Crippen LogP contribution in [-0.4, -0.2) is 20.9 Å². The summed E-state index contributed by atoms with van der Waals surface area (Å²) in [4.78, 5) is 23.3. The number of amides is 1. The van der Waals surface area contributed by atoms with E-state index in [4.69, 9.17) is 5.73 Å². The number of nitrogen functional groups attached to an aromatic ring is 1. The molecule has 0 atom stereocenters. The summed E-state index contributed by atoms with van der Waals surface area (Å²) in [6, 6.07) is 0. The average molecular weight is 223 g/mol. The summed E-state index contributed by atoms with van der Waals surface area (Å²) >= 11 is 0. The Balaban J connectivity index is 2.75. The number of aromatic nitrogens is 3. The Hall–Kier alpha value is -1.72. The number of nitrogens with zero attached hydrogens (tertiary/aromatic N) is 3. The molecule has 0 saturated carbocycles. The van der Waals surface area contributed by atoms with Crippen molar-refractivity contribution in [2.45, 2.75) is 39.5 Å². The van der Waals surface area contributed by atoms with Gasteiger partial charge in [-0.3, -0.25) is 10.1 Å². The molecular formula is C10H17N5O. The Kier molecular flexibility index (Phi) is 4.63. The standard InChI is InChI=1S/C10H17N5O/c1-3-5-7-12-9(11)15-10(13-7)14-8(16)6-4-2/h3-6H2,1-2H3,(H3,11,12,13,14,15,16). The molecule has 0 saturated heterocycles. The largest absolute Gasteiger partial charge is 0.368 e. The second-order valence-corrected chi connectivity index (χ2v) is 3.48. The van der Waals surface area contributed by atoms with Gasteiger partial charge in [0.15, 0.2) is 0 Å². The third-order valence-corrected chi connectivity index (χ3v) is 1.90. The molecule has 1 rings (SSSR count). The second-order valence-electron chi connectivity index (χ2n) is 3.48. The van der Waals surface area contributed by atoms with Crippen LogP contribution in [0.3, 0.4) is 0 Å². The molecule has 6 nitrogen and oxygen atoms in total. The first-order valence-corrected chi connectivity index (χ1v) is 5.46. The molecule has 1 aromatic rings. The number of carbonyl (C=O) groups excluding carboxylic acids is 1. The van der Waals surface area contributed by atoms with Gasteiger partial charge in [0.1, 0.15) is 5.82 Å². The molecule has 1 amide bonds. The van der Waals surface area contributed by atoms with Crippen molar-refractivity contribution in [2.75, 3.05) is 11.1 Å². The van der Waals surface area contributed by atoms with Gasteiger partial charge in [0.05, 0.1) is 0 Å². The first-order chi connectivity index (χ1) is 7.65. The minimum Gasteiger partial charge on any atom is -0.368 e. The van der Waals surface area contributed by atoms with Crippen LogP contribution in [0, 0.1) is 0 Å². The highest BCUT2D eigenvalue weighted by atomic mass is 16.1. The van der Waals surface area contributed by atoms with Gasteiger partial charge >= 0.3 is 0 Å². The minimum atomic E-state index is -0.101. The van der Waals surface area contributed by atoms with Crippen LogP contribution < -0.4 is 11.1 Å². The highest BCUT2D eigenvalue weighted by Gasteiger charge is 2.06. The van der Waals surface area contributed by atoms with Gasteiger partial charge in [0.2, 0.25) is 17.8 Å². The Morgan fingerprint density at radius 2 is 2.00 bits per heavy atom. The van der Waals surface area contributed by atoms with Gasteiger partial charge in [0, 0.05) is 12.8 Å². The molecule has 0 fully saturated rings. The van der Waals surface area contributed by atoms with Crippen LogP contribution in [0.15, 0.2) is 0 Å². The van der Waals surface area contributed by atoms with Gasteiger partial charge in [0.25, 0.3) is 0 Å². The van der Waals surface area contributed by atoms with Crippen LogP contribution in [0.5, 0.6) is 0 Å². The maximum atomic E-state index is 11.3. The van der Waals surface area contributed by atoms with Gasteiger partial charge in [-0.25, -0.2) is 0 Å². The van der Waals surface area contributed by atoms with E-state index in [1.165, 1.54) is 0 Å². The van der Waals surface area contributed by atoms with E-state index >= 15 is 0 Å². The molecule has 1 aromatic heterocycles. The Bertz CT molecular complexity index is 366. The van der Waals surface area contributed by atoms with E-state index in [9.17, 15) is 4.79 Å². The molecule has 0 aromatic carbocycles. The monoisotopic (exact) mass is 223 g/mol. The molecule has 1 heterocycles. The van der Waals surface area contributed by atoms with Gasteiger partial charge in [-0.1, -0.05) is 13.8 Å². The lowest BCUT2D eigenvalue weighted by Crippen LogP contribution is -2.15. The number of rotatable bonds is 5. The van der Waals surface area contributed by atoms with Crippen molar-refractivity contribution in [1.82, 2.24) is 15.0 Å². The molecule has 6 heteroatoms. The van der Waals surface area contributed by atoms with Crippen molar-refractivity contribution in [3.63, 3.8) is 0 Å². The molecular weight excluding hydrogens is 206 g/mol. The summed E-state index contributed by atoms with van der Waals surface area (Å²) in [5.41, 5.74) is 5.53. The van der Waals surface area contributed by atoms with Crippen LogP contribution in [0.4, 0.5) is 11.9 Å². The van der Waals surface area contributed by atoms with E-state index in [1.807, 2.05) is 13.8 Å². The fourth-order valence-corrected chi connectivity index (χ4v) is 1.24. The fourth-order valence-electron chi connectivity index (χ4n) is 1.24. The molecule has 88 valence electrons. The van der Waals surface area contributed by atoms with E-state index < -0.39 is 0 Å². The Labute approximate surface area is 94.7 Å². The molecule has 16 heavy (non-hydrogen) atoms. The zero-order chi connectivity index (χ0) is 12.0. The van der Waals surface area contributed by atoms with Crippen molar-refractivity contribution in [1.29, 1.82) is 0 Å². The highest BCUT2D eigenvalue weighted by Crippen LogP contribution is 2.05. The lowest BCUT2D eigenvalue weighted by Gasteiger charge is -2.05. The molecule has 0 radical (unpaired) electrons. The third kappa shape index (κ3) is 3.80. The zero-order valence-corrected chi connectivity index (χ0v) is 9.66. The number of aryl methyl sites for hydroxylation is 1. The first-order valence-electron chi connectivity index (χ1n) is 5.46. The van der Waals surface area contributed by atoms with Crippen LogP contribution in [0.25, 0.3) is 0 Å². The van der Waals surface area contributed by atoms with Crippen molar-refractivity contribution in [2.24, 2.45) is 0 Å². The number of nitrogens with one attached hydrogen (secondary N) is 1. The summed E-state index contributed by atoms with van der Waals surface area (Å²) in [6.45, 7) is 3.96. The van der Waals surface area contributed by atoms with Crippen molar-refractivity contribution >= 4 is 17.8 Å². The maximum Gasteiger partial charge on any atom is 0.234 e. The third-order valence-electron chi connectivity index (χ3n) is 1.90. The van der Waals surface area contributed by atoms with Gasteiger partial charge in [-0.2, -0.15) is 15.0 Å².